The van der Waals surface area contributed by atoms with E-state index in [9.17, 15) is 9.90 Å². The molecule has 0 bridgehead atoms. The fourth-order valence-electron chi connectivity index (χ4n) is 1.60. The Morgan fingerprint density at radius 2 is 1.80 bits per heavy atom. The molecule has 112 valence electrons. The maximum absolute atomic E-state index is 11.1. The van der Waals surface area contributed by atoms with Crippen molar-refractivity contribution < 1.29 is 9.90 Å². The van der Waals surface area contributed by atoms with E-state index in [0.717, 1.165) is 0 Å². The van der Waals surface area contributed by atoms with Crippen LogP contribution < -0.4 is 10.6 Å². The van der Waals surface area contributed by atoms with Crippen LogP contribution in [0.2, 0.25) is 10.0 Å². The first kappa shape index (κ1) is 17.2. The van der Waals surface area contributed by atoms with Gasteiger partial charge in [0.2, 0.25) is 5.91 Å². The molecule has 4 nitrogen and oxygen atoms in total. The van der Waals surface area contributed by atoms with Gasteiger partial charge >= 0.3 is 0 Å². The van der Waals surface area contributed by atoms with Crippen LogP contribution in [0.3, 0.4) is 0 Å². The average molecular weight is 319 g/mol. The first-order valence-electron chi connectivity index (χ1n) is 6.30. The number of carbonyl (C=O) groups is 1. The van der Waals surface area contributed by atoms with Gasteiger partial charge in [0.1, 0.15) is 0 Å². The molecular weight excluding hydrogens is 299 g/mol. The molecule has 0 aromatic heterocycles. The number of halogens is 2. The van der Waals surface area contributed by atoms with Gasteiger partial charge in [-0.2, -0.15) is 0 Å². The number of β-amino-alcohol motifs (C(OH)–C–C–N with tert-alkyl or cyclic N) is 1. The van der Waals surface area contributed by atoms with Crippen molar-refractivity contribution in [2.75, 3.05) is 11.9 Å². The number of rotatable bonds is 4. The fraction of sp³-hybridized carbons (Fsp3) is 0.500. The Bertz CT molecular complexity index is 475. The number of carbonyl (C=O) groups excluding carboxylic acids is 1. The molecular formula is C14H20Cl2N2O2. The molecule has 0 heterocycles. The average Bonchev–Trinajstić information content (AvgIpc) is 2.29. The number of anilines is 1. The van der Waals surface area contributed by atoms with Gasteiger partial charge in [0.05, 0.1) is 21.8 Å². The molecule has 1 unspecified atom stereocenters. The molecule has 20 heavy (non-hydrogen) atoms. The Morgan fingerprint density at radius 1 is 1.30 bits per heavy atom. The van der Waals surface area contributed by atoms with Crippen LogP contribution in [0.25, 0.3) is 0 Å². The summed E-state index contributed by atoms with van der Waals surface area (Å²) in [5, 5.41) is 16.5. The number of aliphatic hydroxyl groups is 1. The Kier molecular flexibility index (Phi) is 5.83. The minimum Gasteiger partial charge on any atom is -0.387 e. The van der Waals surface area contributed by atoms with Crippen molar-refractivity contribution in [1.82, 2.24) is 5.32 Å². The Labute approximate surface area is 129 Å². The Morgan fingerprint density at radius 3 is 2.20 bits per heavy atom. The number of benzene rings is 1. The van der Waals surface area contributed by atoms with E-state index in [1.54, 1.807) is 12.1 Å². The lowest BCUT2D eigenvalue weighted by atomic mass is 10.1. The summed E-state index contributed by atoms with van der Waals surface area (Å²) < 4.78 is 0. The Balaban J connectivity index is 2.90. The van der Waals surface area contributed by atoms with E-state index in [4.69, 9.17) is 23.2 Å². The van der Waals surface area contributed by atoms with Crippen LogP contribution in [0.5, 0.6) is 0 Å². The summed E-state index contributed by atoms with van der Waals surface area (Å²) in [6.45, 7) is 7.80. The number of hydrogen-bond acceptors (Lipinski definition) is 3. The van der Waals surface area contributed by atoms with Crippen molar-refractivity contribution in [3.05, 3.63) is 27.7 Å². The smallest absolute Gasteiger partial charge is 0.221 e. The molecule has 0 aliphatic rings. The van der Waals surface area contributed by atoms with E-state index >= 15 is 0 Å². The zero-order valence-corrected chi connectivity index (χ0v) is 13.6. The van der Waals surface area contributed by atoms with Gasteiger partial charge in [0.25, 0.3) is 0 Å². The van der Waals surface area contributed by atoms with Gasteiger partial charge in [-0.25, -0.2) is 0 Å². The topological polar surface area (TPSA) is 61.4 Å². The summed E-state index contributed by atoms with van der Waals surface area (Å²) in [6, 6.07) is 3.21. The zero-order valence-electron chi connectivity index (χ0n) is 12.1. The third kappa shape index (κ3) is 5.29. The van der Waals surface area contributed by atoms with Crippen molar-refractivity contribution in [2.45, 2.75) is 39.3 Å². The van der Waals surface area contributed by atoms with Crippen LogP contribution in [0.1, 0.15) is 39.4 Å². The van der Waals surface area contributed by atoms with Crippen molar-refractivity contribution >= 4 is 34.8 Å². The highest BCUT2D eigenvalue weighted by Gasteiger charge is 2.17. The highest BCUT2D eigenvalue weighted by molar-refractivity contribution is 6.39. The summed E-state index contributed by atoms with van der Waals surface area (Å²) in [4.78, 5) is 11.1. The summed E-state index contributed by atoms with van der Waals surface area (Å²) in [5.41, 5.74) is 0.872. The lowest BCUT2D eigenvalue weighted by Crippen LogP contribution is -2.38. The van der Waals surface area contributed by atoms with E-state index < -0.39 is 6.10 Å². The van der Waals surface area contributed by atoms with Crippen molar-refractivity contribution in [3.8, 4) is 0 Å². The van der Waals surface area contributed by atoms with Gasteiger partial charge in [0, 0.05) is 19.0 Å². The molecule has 0 saturated carbocycles. The van der Waals surface area contributed by atoms with Gasteiger partial charge in [-0.05, 0) is 38.5 Å². The minimum absolute atomic E-state index is 0.0926. The van der Waals surface area contributed by atoms with Crippen molar-refractivity contribution in [3.63, 3.8) is 0 Å². The molecule has 1 amide bonds. The molecule has 1 rings (SSSR count). The zero-order chi connectivity index (χ0) is 15.5. The molecule has 0 saturated heterocycles. The molecule has 0 radical (unpaired) electrons. The molecule has 1 atom stereocenters. The molecule has 0 aliphatic carbocycles. The van der Waals surface area contributed by atoms with E-state index in [1.807, 2.05) is 20.8 Å². The third-order valence-corrected chi connectivity index (χ3v) is 3.17. The van der Waals surface area contributed by atoms with Crippen LogP contribution in [0.4, 0.5) is 5.69 Å². The summed E-state index contributed by atoms with van der Waals surface area (Å²) >= 11 is 12.2. The highest BCUT2D eigenvalue weighted by atomic mass is 35.5. The van der Waals surface area contributed by atoms with Crippen molar-refractivity contribution in [2.24, 2.45) is 0 Å². The first-order valence-corrected chi connectivity index (χ1v) is 7.05. The third-order valence-electron chi connectivity index (χ3n) is 2.58. The summed E-state index contributed by atoms with van der Waals surface area (Å²) in [6.07, 6.45) is -0.726. The maximum Gasteiger partial charge on any atom is 0.221 e. The maximum atomic E-state index is 11.1. The molecule has 1 aromatic carbocycles. The van der Waals surface area contributed by atoms with Gasteiger partial charge in [0.15, 0.2) is 0 Å². The van der Waals surface area contributed by atoms with Crippen LogP contribution >= 0.6 is 23.2 Å². The van der Waals surface area contributed by atoms with Crippen LogP contribution in [-0.2, 0) is 4.79 Å². The molecule has 0 spiro atoms. The van der Waals surface area contributed by atoms with Crippen LogP contribution in [0.15, 0.2) is 12.1 Å². The number of aliphatic hydroxyl groups excluding tert-OH is 1. The fourth-order valence-corrected chi connectivity index (χ4v) is 2.20. The van der Waals surface area contributed by atoms with E-state index in [2.05, 4.69) is 10.6 Å². The second kappa shape index (κ2) is 6.76. The van der Waals surface area contributed by atoms with E-state index in [-0.39, 0.29) is 11.4 Å². The predicted molar refractivity (Wildman–Crippen MR) is 83.5 cm³/mol. The van der Waals surface area contributed by atoms with E-state index in [1.165, 1.54) is 6.92 Å². The first-order chi connectivity index (χ1) is 9.10. The lowest BCUT2D eigenvalue weighted by molar-refractivity contribution is -0.114. The molecule has 1 aromatic rings. The SMILES string of the molecule is CC(=O)Nc1c(Cl)cc(C(O)CNC(C)(C)C)cc1Cl. The van der Waals surface area contributed by atoms with Gasteiger partial charge in [-0.1, -0.05) is 23.2 Å². The van der Waals surface area contributed by atoms with Gasteiger partial charge in [-0.15, -0.1) is 0 Å². The molecule has 6 heteroatoms. The number of nitrogens with one attached hydrogen (secondary N) is 2. The highest BCUT2D eigenvalue weighted by Crippen LogP contribution is 2.33. The van der Waals surface area contributed by atoms with Crippen LogP contribution in [0, 0.1) is 0 Å². The standard InChI is InChI=1S/C14H20Cl2N2O2/c1-8(19)18-13-10(15)5-9(6-11(13)16)12(20)7-17-14(2,3)4/h5-6,12,17,20H,7H2,1-4H3,(H,18,19). The summed E-state index contributed by atoms with van der Waals surface area (Å²) in [5.74, 6) is -0.253. The number of hydrogen-bond donors (Lipinski definition) is 3. The summed E-state index contributed by atoms with van der Waals surface area (Å²) in [7, 11) is 0. The molecule has 0 fully saturated rings. The van der Waals surface area contributed by atoms with Gasteiger partial charge in [-0.3, -0.25) is 4.79 Å². The molecule has 3 N–H and O–H groups in total. The molecule has 0 aliphatic heterocycles. The monoisotopic (exact) mass is 318 g/mol. The second-order valence-electron chi connectivity index (χ2n) is 5.69. The quantitative estimate of drug-likeness (QED) is 0.797. The second-order valence-corrected chi connectivity index (χ2v) is 6.50. The predicted octanol–water partition coefficient (Wildman–Crippen LogP) is 3.37. The minimum atomic E-state index is -0.726. The normalized spacial score (nSPS) is 13.2. The Hall–Kier alpha value is -0.810. The van der Waals surface area contributed by atoms with Gasteiger partial charge < -0.3 is 15.7 Å². The van der Waals surface area contributed by atoms with Crippen LogP contribution in [-0.4, -0.2) is 23.1 Å². The lowest BCUT2D eigenvalue weighted by Gasteiger charge is -2.23. The number of amides is 1. The van der Waals surface area contributed by atoms with E-state index in [0.29, 0.717) is 27.8 Å². The van der Waals surface area contributed by atoms with Crippen molar-refractivity contribution in [1.29, 1.82) is 0 Å². The largest absolute Gasteiger partial charge is 0.387 e.